The Kier molecular flexibility index (Phi) is 4.96. The molecule has 1 aliphatic heterocycles. The van der Waals surface area contributed by atoms with Crippen LogP contribution in [0.3, 0.4) is 0 Å². The Morgan fingerprint density at radius 2 is 2.08 bits per heavy atom. The molecule has 0 bridgehead atoms. The van der Waals surface area contributed by atoms with E-state index in [1.165, 1.54) is 12.1 Å². The van der Waals surface area contributed by atoms with E-state index in [9.17, 15) is 19.7 Å². The number of fused-ring (bicyclic) bond motifs is 1. The summed E-state index contributed by atoms with van der Waals surface area (Å²) in [4.78, 5) is 40.7. The van der Waals surface area contributed by atoms with Crippen molar-refractivity contribution in [3.8, 4) is 5.75 Å². The van der Waals surface area contributed by atoms with Gasteiger partial charge in [0.05, 0.1) is 6.10 Å². The Morgan fingerprint density at radius 1 is 1.44 bits per heavy atom. The van der Waals surface area contributed by atoms with E-state index < -0.39 is 34.3 Å². The number of anilines is 1. The minimum atomic E-state index is -1.24. The second-order valence-corrected chi connectivity index (χ2v) is 6.45. The van der Waals surface area contributed by atoms with E-state index in [4.69, 9.17) is 9.47 Å². The van der Waals surface area contributed by atoms with E-state index in [0.29, 0.717) is 0 Å². The summed E-state index contributed by atoms with van der Waals surface area (Å²) in [6.07, 6.45) is -0.0970. The number of esters is 1. The standard InChI is InChI=1S/C16H21N3O6/c1-6-10(14(20)24-9(2)3)18-13-11(25-16(4,5)15(18)21)7-8-12(17-13)19(22)23/h7-10H,6H2,1-5H3. The molecule has 2 heterocycles. The molecule has 25 heavy (non-hydrogen) atoms. The monoisotopic (exact) mass is 351 g/mol. The predicted octanol–water partition coefficient (Wildman–Crippen LogP) is 2.22. The fraction of sp³-hybridized carbons (Fsp3) is 0.562. The lowest BCUT2D eigenvalue weighted by Gasteiger charge is -2.38. The van der Waals surface area contributed by atoms with Crippen LogP contribution in [0, 0.1) is 10.1 Å². The van der Waals surface area contributed by atoms with Gasteiger partial charge in [0.2, 0.25) is 0 Å². The number of carbonyl (C=O) groups is 2. The molecule has 9 nitrogen and oxygen atoms in total. The fourth-order valence-electron chi connectivity index (χ4n) is 2.54. The highest BCUT2D eigenvalue weighted by Gasteiger charge is 2.49. The number of aromatic nitrogens is 1. The van der Waals surface area contributed by atoms with Crippen LogP contribution in [-0.2, 0) is 14.3 Å². The van der Waals surface area contributed by atoms with E-state index in [1.807, 2.05) is 0 Å². The molecule has 1 unspecified atom stereocenters. The molecule has 0 aliphatic carbocycles. The maximum Gasteiger partial charge on any atom is 0.366 e. The highest BCUT2D eigenvalue weighted by atomic mass is 16.6. The van der Waals surface area contributed by atoms with Gasteiger partial charge in [-0.05, 0) is 50.1 Å². The molecule has 0 spiro atoms. The summed E-state index contributed by atoms with van der Waals surface area (Å²) < 4.78 is 10.9. The summed E-state index contributed by atoms with van der Waals surface area (Å²) in [5.74, 6) is -1.40. The number of hydrogen-bond acceptors (Lipinski definition) is 7. The number of ether oxygens (including phenoxy) is 2. The summed E-state index contributed by atoms with van der Waals surface area (Å²) in [7, 11) is 0. The molecule has 2 rings (SSSR count). The van der Waals surface area contributed by atoms with Crippen molar-refractivity contribution in [2.24, 2.45) is 0 Å². The molecule has 136 valence electrons. The van der Waals surface area contributed by atoms with Gasteiger partial charge < -0.3 is 19.6 Å². The number of amides is 1. The third-order valence-corrected chi connectivity index (χ3v) is 3.66. The molecule has 9 heteroatoms. The maximum atomic E-state index is 12.9. The lowest BCUT2D eigenvalue weighted by Crippen LogP contribution is -2.58. The zero-order chi connectivity index (χ0) is 18.9. The Hall–Kier alpha value is -2.71. The van der Waals surface area contributed by atoms with Gasteiger partial charge in [0.25, 0.3) is 11.7 Å². The van der Waals surface area contributed by atoms with Crippen LogP contribution in [0.1, 0.15) is 41.0 Å². The maximum absolute atomic E-state index is 12.9. The number of nitro groups is 1. The molecule has 1 aromatic heterocycles. The number of hydrogen-bond donors (Lipinski definition) is 0. The first kappa shape index (κ1) is 18.6. The van der Waals surface area contributed by atoms with Crippen molar-refractivity contribution in [1.82, 2.24) is 4.98 Å². The second-order valence-electron chi connectivity index (χ2n) is 6.45. The lowest BCUT2D eigenvalue weighted by atomic mass is 10.0. The van der Waals surface area contributed by atoms with Gasteiger partial charge in [-0.3, -0.25) is 9.69 Å². The molecule has 1 amide bonds. The van der Waals surface area contributed by atoms with Crippen molar-refractivity contribution in [1.29, 1.82) is 0 Å². The molecule has 0 saturated heterocycles. The number of nitrogens with zero attached hydrogens (tertiary/aromatic N) is 3. The Bertz CT molecular complexity index is 716. The van der Waals surface area contributed by atoms with Crippen molar-refractivity contribution in [2.45, 2.75) is 58.8 Å². The molecule has 1 aromatic rings. The van der Waals surface area contributed by atoms with Gasteiger partial charge in [-0.25, -0.2) is 4.79 Å². The van der Waals surface area contributed by atoms with E-state index in [2.05, 4.69) is 4.98 Å². The van der Waals surface area contributed by atoms with Crippen molar-refractivity contribution < 1.29 is 24.0 Å². The van der Waals surface area contributed by atoms with Crippen LogP contribution in [0.4, 0.5) is 11.6 Å². The predicted molar refractivity (Wildman–Crippen MR) is 88.4 cm³/mol. The lowest BCUT2D eigenvalue weighted by molar-refractivity contribution is -0.389. The normalized spacial score (nSPS) is 16.9. The van der Waals surface area contributed by atoms with Crippen molar-refractivity contribution >= 4 is 23.5 Å². The summed E-state index contributed by atoms with van der Waals surface area (Å²) in [5.41, 5.74) is -1.24. The Labute approximate surface area is 145 Å². The Balaban J connectivity index is 2.57. The van der Waals surface area contributed by atoms with Crippen LogP contribution in [0.25, 0.3) is 0 Å². The van der Waals surface area contributed by atoms with E-state index in [-0.39, 0.29) is 24.1 Å². The molecule has 0 aromatic carbocycles. The number of pyridine rings is 1. The smallest absolute Gasteiger partial charge is 0.366 e. The van der Waals surface area contributed by atoms with Crippen molar-refractivity contribution in [3.63, 3.8) is 0 Å². The van der Waals surface area contributed by atoms with E-state index in [1.54, 1.807) is 34.6 Å². The highest BCUT2D eigenvalue weighted by Crippen LogP contribution is 2.39. The van der Waals surface area contributed by atoms with Crippen LogP contribution in [0.5, 0.6) is 5.75 Å². The summed E-state index contributed by atoms with van der Waals surface area (Å²) in [5, 5.41) is 11.0. The van der Waals surface area contributed by atoms with Crippen LogP contribution < -0.4 is 9.64 Å². The second kappa shape index (κ2) is 6.66. The van der Waals surface area contributed by atoms with Crippen LogP contribution >= 0.6 is 0 Å². The average molecular weight is 351 g/mol. The molecule has 0 saturated carbocycles. The zero-order valence-electron chi connectivity index (χ0n) is 14.8. The van der Waals surface area contributed by atoms with Gasteiger partial charge in [0.15, 0.2) is 11.4 Å². The molecular formula is C16H21N3O6. The highest BCUT2D eigenvalue weighted by molar-refractivity contribution is 6.05. The van der Waals surface area contributed by atoms with Crippen LogP contribution in [0.2, 0.25) is 0 Å². The van der Waals surface area contributed by atoms with E-state index >= 15 is 0 Å². The zero-order valence-corrected chi connectivity index (χ0v) is 14.8. The van der Waals surface area contributed by atoms with Gasteiger partial charge in [0.1, 0.15) is 6.04 Å². The molecular weight excluding hydrogens is 330 g/mol. The Morgan fingerprint density at radius 3 is 2.60 bits per heavy atom. The first-order valence-corrected chi connectivity index (χ1v) is 7.97. The first-order valence-electron chi connectivity index (χ1n) is 7.97. The van der Waals surface area contributed by atoms with Crippen LogP contribution in [0.15, 0.2) is 12.1 Å². The van der Waals surface area contributed by atoms with Crippen LogP contribution in [-0.4, -0.2) is 39.5 Å². The molecule has 0 N–H and O–H groups in total. The first-order chi connectivity index (χ1) is 11.6. The average Bonchev–Trinajstić information content (AvgIpc) is 2.50. The molecule has 0 fully saturated rings. The minimum Gasteiger partial charge on any atom is -0.472 e. The topological polar surface area (TPSA) is 112 Å². The van der Waals surface area contributed by atoms with Gasteiger partial charge >= 0.3 is 11.8 Å². The SMILES string of the molecule is CCC(C(=O)OC(C)C)N1C(=O)C(C)(C)Oc2ccc([N+](=O)[O-])nc21. The molecule has 1 atom stereocenters. The van der Waals surface area contributed by atoms with Crippen molar-refractivity contribution in [3.05, 3.63) is 22.2 Å². The molecule has 0 radical (unpaired) electrons. The van der Waals surface area contributed by atoms with Gasteiger partial charge in [-0.2, -0.15) is 0 Å². The molecule has 1 aliphatic rings. The quantitative estimate of drug-likeness (QED) is 0.454. The van der Waals surface area contributed by atoms with Crippen molar-refractivity contribution in [2.75, 3.05) is 4.90 Å². The third-order valence-electron chi connectivity index (χ3n) is 3.66. The van der Waals surface area contributed by atoms with Gasteiger partial charge in [-0.15, -0.1) is 0 Å². The third kappa shape index (κ3) is 3.54. The summed E-state index contributed by atoms with van der Waals surface area (Å²) in [6, 6.07) is 1.62. The summed E-state index contributed by atoms with van der Waals surface area (Å²) >= 11 is 0. The summed E-state index contributed by atoms with van der Waals surface area (Å²) in [6.45, 7) is 8.25. The van der Waals surface area contributed by atoms with Gasteiger partial charge in [-0.1, -0.05) is 6.92 Å². The van der Waals surface area contributed by atoms with E-state index in [0.717, 1.165) is 4.90 Å². The fourth-order valence-corrected chi connectivity index (χ4v) is 2.54. The largest absolute Gasteiger partial charge is 0.472 e. The van der Waals surface area contributed by atoms with Gasteiger partial charge in [0, 0.05) is 6.07 Å². The number of carbonyl (C=O) groups excluding carboxylic acids is 2. The minimum absolute atomic E-state index is 0.0499. The number of rotatable bonds is 5.